The molecule has 1 aromatic rings. The standard InChI is InChI=1S/C17H24O2/c1-13(2)17(19-18)16(14-9-5-3-6-10-14)15-11-7-4-8-12-15/h3,5-6,9-10,15-18H,1,4,7-8,11-12H2,2H3/t16-,17+/m0/s1. The van der Waals surface area contributed by atoms with Crippen LogP contribution in [0.1, 0.15) is 50.5 Å². The Morgan fingerprint density at radius 3 is 2.37 bits per heavy atom. The lowest BCUT2D eigenvalue weighted by Gasteiger charge is -2.35. The number of rotatable bonds is 5. The van der Waals surface area contributed by atoms with Gasteiger partial charge in [-0.2, -0.15) is 0 Å². The van der Waals surface area contributed by atoms with Gasteiger partial charge in [-0.05, 0) is 36.8 Å². The Hall–Kier alpha value is -1.12. The fourth-order valence-electron chi connectivity index (χ4n) is 3.32. The van der Waals surface area contributed by atoms with Crippen molar-refractivity contribution in [3.8, 4) is 0 Å². The third kappa shape index (κ3) is 3.46. The first kappa shape index (κ1) is 14.3. The maximum absolute atomic E-state index is 9.30. The van der Waals surface area contributed by atoms with E-state index in [-0.39, 0.29) is 12.0 Å². The average molecular weight is 260 g/mol. The van der Waals surface area contributed by atoms with E-state index >= 15 is 0 Å². The highest BCUT2D eigenvalue weighted by Crippen LogP contribution is 2.40. The van der Waals surface area contributed by atoms with Gasteiger partial charge in [-0.3, -0.25) is 5.26 Å². The van der Waals surface area contributed by atoms with Crippen LogP contribution in [0, 0.1) is 5.92 Å². The van der Waals surface area contributed by atoms with Crippen LogP contribution in [0.4, 0.5) is 0 Å². The molecule has 104 valence electrons. The first-order valence-corrected chi connectivity index (χ1v) is 7.24. The van der Waals surface area contributed by atoms with Crippen LogP contribution in [-0.4, -0.2) is 11.4 Å². The molecule has 0 heterocycles. The number of hydrogen-bond donors (Lipinski definition) is 1. The SMILES string of the molecule is C=C(C)[C@@H](OO)[C@@H](c1ccccc1)C1CCCCC1. The van der Waals surface area contributed by atoms with Crippen molar-refractivity contribution in [1.82, 2.24) is 0 Å². The zero-order valence-electron chi connectivity index (χ0n) is 11.7. The Labute approximate surface area is 116 Å². The van der Waals surface area contributed by atoms with Crippen molar-refractivity contribution in [1.29, 1.82) is 0 Å². The Morgan fingerprint density at radius 2 is 1.84 bits per heavy atom. The first-order valence-electron chi connectivity index (χ1n) is 7.24. The molecule has 2 atom stereocenters. The van der Waals surface area contributed by atoms with Crippen LogP contribution >= 0.6 is 0 Å². The zero-order valence-corrected chi connectivity index (χ0v) is 11.7. The molecule has 0 amide bonds. The number of hydrogen-bond acceptors (Lipinski definition) is 2. The summed E-state index contributed by atoms with van der Waals surface area (Å²) in [6, 6.07) is 10.4. The molecule has 2 heteroatoms. The van der Waals surface area contributed by atoms with Crippen molar-refractivity contribution in [3.05, 3.63) is 48.0 Å². The second-order valence-electron chi connectivity index (χ2n) is 5.71. The van der Waals surface area contributed by atoms with Crippen LogP contribution in [0.5, 0.6) is 0 Å². The van der Waals surface area contributed by atoms with Crippen molar-refractivity contribution in [2.24, 2.45) is 5.92 Å². The van der Waals surface area contributed by atoms with Gasteiger partial charge in [-0.25, -0.2) is 4.89 Å². The molecule has 0 saturated heterocycles. The van der Waals surface area contributed by atoms with E-state index in [0.29, 0.717) is 5.92 Å². The van der Waals surface area contributed by atoms with E-state index in [1.54, 1.807) is 0 Å². The van der Waals surface area contributed by atoms with Crippen molar-refractivity contribution < 1.29 is 10.1 Å². The van der Waals surface area contributed by atoms with Gasteiger partial charge < -0.3 is 0 Å². The summed E-state index contributed by atoms with van der Waals surface area (Å²) in [5.74, 6) is 0.786. The summed E-state index contributed by atoms with van der Waals surface area (Å²) < 4.78 is 0. The zero-order chi connectivity index (χ0) is 13.7. The summed E-state index contributed by atoms with van der Waals surface area (Å²) in [6.07, 6.45) is 6.02. The Morgan fingerprint density at radius 1 is 1.21 bits per heavy atom. The lowest BCUT2D eigenvalue weighted by Crippen LogP contribution is -2.30. The van der Waals surface area contributed by atoms with Crippen molar-refractivity contribution in [2.75, 3.05) is 0 Å². The predicted octanol–water partition coefficient (Wildman–Crippen LogP) is 4.78. The quantitative estimate of drug-likeness (QED) is 0.469. The monoisotopic (exact) mass is 260 g/mol. The van der Waals surface area contributed by atoms with E-state index in [0.717, 1.165) is 5.57 Å². The summed E-state index contributed by atoms with van der Waals surface area (Å²) in [5, 5.41) is 9.30. The molecule has 19 heavy (non-hydrogen) atoms. The van der Waals surface area contributed by atoms with E-state index in [1.807, 2.05) is 13.0 Å². The molecule has 1 fully saturated rings. The highest BCUT2D eigenvalue weighted by Gasteiger charge is 2.33. The minimum atomic E-state index is -0.300. The third-order valence-corrected chi connectivity index (χ3v) is 4.27. The second-order valence-corrected chi connectivity index (χ2v) is 5.71. The Bertz CT molecular complexity index is 393. The topological polar surface area (TPSA) is 29.5 Å². The summed E-state index contributed by atoms with van der Waals surface area (Å²) in [7, 11) is 0. The Kier molecular flexibility index (Phi) is 5.17. The van der Waals surface area contributed by atoms with Crippen molar-refractivity contribution >= 4 is 0 Å². The molecule has 1 aliphatic carbocycles. The minimum absolute atomic E-state index is 0.212. The van der Waals surface area contributed by atoms with Crippen LogP contribution in [0.2, 0.25) is 0 Å². The largest absolute Gasteiger partial charge is 0.251 e. The molecule has 0 aromatic heterocycles. The smallest absolute Gasteiger partial charge is 0.120 e. The molecule has 1 saturated carbocycles. The van der Waals surface area contributed by atoms with E-state index in [4.69, 9.17) is 4.89 Å². The van der Waals surface area contributed by atoms with Crippen LogP contribution in [0.3, 0.4) is 0 Å². The fourth-order valence-corrected chi connectivity index (χ4v) is 3.32. The molecular weight excluding hydrogens is 236 g/mol. The van der Waals surface area contributed by atoms with E-state index < -0.39 is 0 Å². The van der Waals surface area contributed by atoms with Gasteiger partial charge in [0.15, 0.2) is 0 Å². The maximum atomic E-state index is 9.30. The van der Waals surface area contributed by atoms with Crippen LogP contribution in [-0.2, 0) is 4.89 Å². The lowest BCUT2D eigenvalue weighted by molar-refractivity contribution is -0.276. The van der Waals surface area contributed by atoms with Gasteiger partial charge in [0.1, 0.15) is 6.10 Å². The average Bonchev–Trinajstić information content (AvgIpc) is 2.46. The van der Waals surface area contributed by atoms with Gasteiger partial charge in [0, 0.05) is 5.92 Å². The molecule has 0 radical (unpaired) electrons. The van der Waals surface area contributed by atoms with E-state index in [9.17, 15) is 5.26 Å². The fraction of sp³-hybridized carbons (Fsp3) is 0.529. The molecule has 0 unspecified atom stereocenters. The number of benzene rings is 1. The van der Waals surface area contributed by atoms with Gasteiger partial charge in [0.2, 0.25) is 0 Å². The molecule has 0 spiro atoms. The van der Waals surface area contributed by atoms with Crippen LogP contribution in [0.15, 0.2) is 42.5 Å². The van der Waals surface area contributed by atoms with Crippen molar-refractivity contribution in [2.45, 2.75) is 51.0 Å². The van der Waals surface area contributed by atoms with E-state index in [2.05, 4.69) is 30.8 Å². The Balaban J connectivity index is 2.29. The molecule has 1 aromatic carbocycles. The highest BCUT2D eigenvalue weighted by molar-refractivity contribution is 5.25. The van der Waals surface area contributed by atoms with E-state index in [1.165, 1.54) is 37.7 Å². The molecule has 1 aliphatic rings. The predicted molar refractivity (Wildman–Crippen MR) is 78.1 cm³/mol. The summed E-state index contributed by atoms with van der Waals surface area (Å²) in [6.45, 7) is 5.91. The summed E-state index contributed by atoms with van der Waals surface area (Å²) in [5.41, 5.74) is 2.14. The molecule has 0 aliphatic heterocycles. The van der Waals surface area contributed by atoms with Crippen LogP contribution in [0.25, 0.3) is 0 Å². The maximum Gasteiger partial charge on any atom is 0.120 e. The lowest BCUT2D eigenvalue weighted by atomic mass is 9.73. The van der Waals surface area contributed by atoms with Gasteiger partial charge >= 0.3 is 0 Å². The van der Waals surface area contributed by atoms with Gasteiger partial charge in [0.25, 0.3) is 0 Å². The summed E-state index contributed by atoms with van der Waals surface area (Å²) >= 11 is 0. The van der Waals surface area contributed by atoms with Gasteiger partial charge in [-0.1, -0.05) is 56.2 Å². The molecular formula is C17H24O2. The highest BCUT2D eigenvalue weighted by atomic mass is 17.1. The first-order chi connectivity index (χ1) is 9.24. The third-order valence-electron chi connectivity index (χ3n) is 4.27. The minimum Gasteiger partial charge on any atom is -0.251 e. The molecule has 0 bridgehead atoms. The second kappa shape index (κ2) is 6.88. The molecule has 2 nitrogen and oxygen atoms in total. The van der Waals surface area contributed by atoms with Crippen molar-refractivity contribution in [3.63, 3.8) is 0 Å². The van der Waals surface area contributed by atoms with Gasteiger partial charge in [-0.15, -0.1) is 0 Å². The molecule has 2 rings (SSSR count). The normalized spacial score (nSPS) is 19.9. The molecule has 1 N–H and O–H groups in total. The van der Waals surface area contributed by atoms with Gasteiger partial charge in [0.05, 0.1) is 0 Å². The summed E-state index contributed by atoms with van der Waals surface area (Å²) in [4.78, 5) is 4.78. The van der Waals surface area contributed by atoms with Crippen LogP contribution < -0.4 is 0 Å².